The molecule has 1 aliphatic rings. The van der Waals surface area contributed by atoms with Gasteiger partial charge in [0.1, 0.15) is 6.04 Å². The number of anilines is 1. The van der Waals surface area contributed by atoms with E-state index in [0.717, 1.165) is 4.90 Å². The number of aliphatic carboxylic acids is 1. The number of hydrogen-bond acceptors (Lipinski definition) is 6. The number of carboxylic acid groups (broad SMARTS) is 1. The molecule has 3 N–H and O–H groups in total. The second kappa shape index (κ2) is 5.92. The van der Waals surface area contributed by atoms with E-state index in [1.165, 1.54) is 7.11 Å². The molecule has 21 heavy (non-hydrogen) atoms. The van der Waals surface area contributed by atoms with Crippen molar-refractivity contribution in [3.8, 4) is 5.88 Å². The van der Waals surface area contributed by atoms with Crippen LogP contribution in [0.1, 0.15) is 12.1 Å². The highest BCUT2D eigenvalue weighted by Gasteiger charge is 2.39. The van der Waals surface area contributed by atoms with E-state index < -0.39 is 24.1 Å². The number of aromatic nitrogens is 2. The quantitative estimate of drug-likeness (QED) is 0.708. The van der Waals surface area contributed by atoms with Crippen molar-refractivity contribution < 1.29 is 24.5 Å². The van der Waals surface area contributed by atoms with Crippen molar-refractivity contribution in [3.63, 3.8) is 0 Å². The van der Waals surface area contributed by atoms with Crippen LogP contribution in [0.4, 0.5) is 10.7 Å². The highest BCUT2D eigenvalue weighted by Crippen LogP contribution is 2.19. The summed E-state index contributed by atoms with van der Waals surface area (Å²) in [6.45, 7) is 1.66. The van der Waals surface area contributed by atoms with E-state index in [1.54, 1.807) is 13.0 Å². The smallest absolute Gasteiger partial charge is 0.326 e. The number of methoxy groups -OCH3 is 1. The summed E-state index contributed by atoms with van der Waals surface area (Å²) in [4.78, 5) is 32.2. The second-order valence-electron chi connectivity index (χ2n) is 4.70. The molecule has 2 rings (SSSR count). The van der Waals surface area contributed by atoms with E-state index in [2.05, 4.69) is 15.3 Å². The Kier molecular flexibility index (Phi) is 4.22. The third kappa shape index (κ3) is 3.37. The average Bonchev–Trinajstić information content (AvgIpc) is 2.80. The summed E-state index contributed by atoms with van der Waals surface area (Å²) in [7, 11) is 1.44. The summed E-state index contributed by atoms with van der Waals surface area (Å²) in [5.41, 5.74) is 0.591. The number of β-amino-alcohol motifs (C(OH)–C–C–N with tert-alkyl or cyclic N) is 1. The van der Waals surface area contributed by atoms with E-state index in [0.29, 0.717) is 5.69 Å². The fourth-order valence-electron chi connectivity index (χ4n) is 2.14. The normalized spacial score (nSPS) is 21.2. The third-order valence-corrected chi connectivity index (χ3v) is 3.08. The number of carbonyl (C=O) groups is 2. The molecule has 1 fully saturated rings. The van der Waals surface area contributed by atoms with E-state index in [4.69, 9.17) is 9.84 Å². The van der Waals surface area contributed by atoms with Crippen LogP contribution in [-0.4, -0.2) is 62.9 Å². The van der Waals surface area contributed by atoms with E-state index in [9.17, 15) is 14.7 Å². The third-order valence-electron chi connectivity index (χ3n) is 3.08. The molecular weight excluding hydrogens is 280 g/mol. The summed E-state index contributed by atoms with van der Waals surface area (Å²) < 4.78 is 4.97. The molecule has 0 radical (unpaired) electrons. The van der Waals surface area contributed by atoms with Crippen LogP contribution in [-0.2, 0) is 4.79 Å². The summed E-state index contributed by atoms with van der Waals surface area (Å²) in [5.74, 6) is -0.860. The molecule has 0 bridgehead atoms. The van der Waals surface area contributed by atoms with Gasteiger partial charge in [0.15, 0.2) is 0 Å². The molecule has 0 saturated carbocycles. The maximum atomic E-state index is 12.1. The summed E-state index contributed by atoms with van der Waals surface area (Å²) in [6.07, 6.45) is -0.856. The van der Waals surface area contributed by atoms with Crippen molar-refractivity contribution in [2.45, 2.75) is 25.5 Å². The minimum Gasteiger partial charge on any atom is -0.481 e. The summed E-state index contributed by atoms with van der Waals surface area (Å²) in [6, 6.07) is -0.145. The number of aliphatic hydroxyl groups excluding tert-OH is 1. The highest BCUT2D eigenvalue weighted by molar-refractivity contribution is 5.91. The number of urea groups is 1. The molecule has 2 atom stereocenters. The van der Waals surface area contributed by atoms with Gasteiger partial charge in [0.05, 0.1) is 13.2 Å². The van der Waals surface area contributed by atoms with Gasteiger partial charge in [-0.1, -0.05) is 0 Å². The molecule has 1 unspecified atom stereocenters. The SMILES string of the molecule is COc1cc(C)nc(NC(=O)N2CC(O)C[C@H]2C(=O)O)n1. The number of aryl methyl sites for hydroxylation is 1. The Morgan fingerprint density at radius 3 is 2.81 bits per heavy atom. The number of carbonyl (C=O) groups excluding carboxylic acids is 1. The fourth-order valence-corrected chi connectivity index (χ4v) is 2.14. The Balaban J connectivity index is 2.14. The Hall–Kier alpha value is -2.42. The van der Waals surface area contributed by atoms with Crippen molar-refractivity contribution in [2.75, 3.05) is 19.0 Å². The van der Waals surface area contributed by atoms with Crippen molar-refractivity contribution in [3.05, 3.63) is 11.8 Å². The van der Waals surface area contributed by atoms with Gasteiger partial charge >= 0.3 is 12.0 Å². The van der Waals surface area contributed by atoms with Gasteiger partial charge in [0.2, 0.25) is 11.8 Å². The average molecular weight is 296 g/mol. The van der Waals surface area contributed by atoms with Gasteiger partial charge in [-0.15, -0.1) is 0 Å². The molecule has 2 heterocycles. The fraction of sp³-hybridized carbons (Fsp3) is 0.500. The van der Waals surface area contributed by atoms with Crippen LogP contribution in [0.25, 0.3) is 0 Å². The predicted molar refractivity (Wildman–Crippen MR) is 71.1 cm³/mol. The number of rotatable bonds is 3. The number of nitrogens with one attached hydrogen (secondary N) is 1. The van der Waals surface area contributed by atoms with Crippen molar-refractivity contribution in [1.29, 1.82) is 0 Å². The van der Waals surface area contributed by atoms with E-state index >= 15 is 0 Å². The molecule has 0 spiro atoms. The molecule has 1 aromatic heterocycles. The number of ether oxygens (including phenoxy) is 1. The Morgan fingerprint density at radius 2 is 2.19 bits per heavy atom. The highest BCUT2D eigenvalue weighted by atomic mass is 16.5. The van der Waals surface area contributed by atoms with Gasteiger partial charge in [0.25, 0.3) is 0 Å². The first kappa shape index (κ1) is 15.0. The lowest BCUT2D eigenvalue weighted by Gasteiger charge is -2.21. The maximum absolute atomic E-state index is 12.1. The molecule has 1 aliphatic heterocycles. The van der Waals surface area contributed by atoms with Crippen LogP contribution in [0.15, 0.2) is 6.07 Å². The van der Waals surface area contributed by atoms with Crippen LogP contribution in [0.2, 0.25) is 0 Å². The maximum Gasteiger partial charge on any atom is 0.326 e. The van der Waals surface area contributed by atoms with Crippen molar-refractivity contribution in [1.82, 2.24) is 14.9 Å². The molecule has 9 nitrogen and oxygen atoms in total. The van der Waals surface area contributed by atoms with Gasteiger partial charge in [-0.2, -0.15) is 4.98 Å². The largest absolute Gasteiger partial charge is 0.481 e. The zero-order valence-corrected chi connectivity index (χ0v) is 11.6. The lowest BCUT2D eigenvalue weighted by Crippen LogP contribution is -2.43. The molecule has 114 valence electrons. The monoisotopic (exact) mass is 296 g/mol. The Labute approximate surface area is 120 Å². The number of aliphatic hydroxyl groups is 1. The van der Waals surface area contributed by atoms with Crippen LogP contribution < -0.4 is 10.1 Å². The standard InChI is InChI=1S/C12H16N4O5/c1-6-3-9(21-2)14-11(13-6)15-12(20)16-5-7(17)4-8(16)10(18)19/h3,7-8,17H,4-5H2,1-2H3,(H,18,19)(H,13,14,15,20)/t7?,8-/m0/s1. The van der Waals surface area contributed by atoms with E-state index in [1.807, 2.05) is 0 Å². The first-order valence-electron chi connectivity index (χ1n) is 6.29. The molecule has 1 saturated heterocycles. The van der Waals surface area contributed by atoms with Crippen LogP contribution >= 0.6 is 0 Å². The van der Waals surface area contributed by atoms with Gasteiger partial charge < -0.3 is 19.8 Å². The van der Waals surface area contributed by atoms with Crippen LogP contribution in [0.5, 0.6) is 5.88 Å². The molecular formula is C12H16N4O5. The minimum absolute atomic E-state index is 0.000743. The lowest BCUT2D eigenvalue weighted by molar-refractivity contribution is -0.141. The summed E-state index contributed by atoms with van der Waals surface area (Å²) >= 11 is 0. The zero-order valence-electron chi connectivity index (χ0n) is 11.6. The molecule has 9 heteroatoms. The second-order valence-corrected chi connectivity index (χ2v) is 4.70. The predicted octanol–water partition coefficient (Wildman–Crippen LogP) is -0.155. The van der Waals surface area contributed by atoms with Gasteiger partial charge in [-0.05, 0) is 6.92 Å². The van der Waals surface area contributed by atoms with Crippen LogP contribution in [0, 0.1) is 6.92 Å². The topological polar surface area (TPSA) is 125 Å². The lowest BCUT2D eigenvalue weighted by atomic mass is 10.2. The van der Waals surface area contributed by atoms with Gasteiger partial charge in [-0.25, -0.2) is 14.6 Å². The summed E-state index contributed by atoms with van der Waals surface area (Å²) in [5, 5.41) is 21.0. The first-order valence-corrected chi connectivity index (χ1v) is 6.29. The number of amides is 2. The first-order chi connectivity index (χ1) is 9.90. The van der Waals surface area contributed by atoms with Gasteiger partial charge in [0, 0.05) is 24.7 Å². The number of likely N-dealkylation sites (tertiary alicyclic amines) is 1. The Morgan fingerprint density at radius 1 is 1.48 bits per heavy atom. The van der Waals surface area contributed by atoms with Crippen molar-refractivity contribution >= 4 is 17.9 Å². The Bertz CT molecular complexity index is 565. The molecule has 2 amide bonds. The van der Waals surface area contributed by atoms with Gasteiger partial charge in [-0.3, -0.25) is 5.32 Å². The number of hydrogen-bond donors (Lipinski definition) is 3. The molecule has 0 aliphatic carbocycles. The number of nitrogens with zero attached hydrogens (tertiary/aromatic N) is 3. The molecule has 1 aromatic rings. The van der Waals surface area contributed by atoms with Crippen LogP contribution in [0.3, 0.4) is 0 Å². The van der Waals surface area contributed by atoms with E-state index in [-0.39, 0.29) is 24.8 Å². The van der Waals surface area contributed by atoms with Crippen molar-refractivity contribution in [2.24, 2.45) is 0 Å². The molecule has 0 aromatic carbocycles. The minimum atomic E-state index is -1.16. The number of carboxylic acids is 1. The zero-order chi connectivity index (χ0) is 15.6.